The Labute approximate surface area is 136 Å². The second kappa shape index (κ2) is 7.15. The van der Waals surface area contributed by atoms with E-state index in [1.165, 1.54) is 11.3 Å². The fraction of sp³-hybridized carbons (Fsp3) is 0.333. The van der Waals surface area contributed by atoms with Crippen LogP contribution in [0.3, 0.4) is 0 Å². The topological polar surface area (TPSA) is 68.0 Å². The van der Waals surface area contributed by atoms with Gasteiger partial charge in [-0.1, -0.05) is 61.9 Å². The van der Waals surface area contributed by atoms with Crippen LogP contribution in [-0.4, -0.2) is 16.9 Å². The largest absolute Gasteiger partial charge is 0.320 e. The van der Waals surface area contributed by atoms with Crippen LogP contribution in [0.4, 0.5) is 5.13 Å². The molecule has 0 aliphatic heterocycles. The standard InChI is InChI=1S/C15H18BrN3OS/c1-3-9(2)11(17)14(20)19-15-18-12(13(16)21-15)10-7-5-4-6-8-10/h4-9,11H,3,17H2,1-2H3,(H,18,19,20). The number of aromatic nitrogens is 1. The maximum absolute atomic E-state index is 12.1. The number of thiazole rings is 1. The van der Waals surface area contributed by atoms with Gasteiger partial charge in [-0.3, -0.25) is 4.79 Å². The van der Waals surface area contributed by atoms with E-state index in [4.69, 9.17) is 5.73 Å². The Kier molecular flexibility index (Phi) is 5.50. The van der Waals surface area contributed by atoms with Crippen LogP contribution in [0.1, 0.15) is 20.3 Å². The number of amides is 1. The molecule has 0 radical (unpaired) electrons. The summed E-state index contributed by atoms with van der Waals surface area (Å²) in [4.78, 5) is 16.6. The van der Waals surface area contributed by atoms with Gasteiger partial charge in [0.2, 0.25) is 5.91 Å². The van der Waals surface area contributed by atoms with Crippen molar-refractivity contribution in [2.45, 2.75) is 26.3 Å². The number of benzene rings is 1. The number of hydrogen-bond donors (Lipinski definition) is 2. The lowest BCUT2D eigenvalue weighted by Gasteiger charge is -2.16. The predicted octanol–water partition coefficient (Wildman–Crippen LogP) is 3.88. The van der Waals surface area contributed by atoms with Crippen LogP contribution in [0.2, 0.25) is 0 Å². The molecule has 0 saturated carbocycles. The summed E-state index contributed by atoms with van der Waals surface area (Å²) in [5.74, 6) is -0.0489. The Hall–Kier alpha value is -1.24. The Morgan fingerprint density at radius 1 is 1.43 bits per heavy atom. The third kappa shape index (κ3) is 3.90. The molecule has 1 amide bonds. The van der Waals surface area contributed by atoms with E-state index in [1.807, 2.05) is 44.2 Å². The van der Waals surface area contributed by atoms with Gasteiger partial charge >= 0.3 is 0 Å². The minimum Gasteiger partial charge on any atom is -0.320 e. The summed E-state index contributed by atoms with van der Waals surface area (Å²) in [5.41, 5.74) is 7.76. The van der Waals surface area contributed by atoms with Crippen LogP contribution in [0, 0.1) is 5.92 Å². The zero-order chi connectivity index (χ0) is 15.4. The molecule has 0 bridgehead atoms. The normalized spacial score (nSPS) is 13.7. The number of hydrogen-bond acceptors (Lipinski definition) is 4. The van der Waals surface area contributed by atoms with Gasteiger partial charge in [0, 0.05) is 5.56 Å². The molecule has 2 atom stereocenters. The summed E-state index contributed by atoms with van der Waals surface area (Å²) in [6.07, 6.45) is 0.866. The van der Waals surface area contributed by atoms with E-state index in [0.29, 0.717) is 5.13 Å². The lowest BCUT2D eigenvalue weighted by Crippen LogP contribution is -2.40. The van der Waals surface area contributed by atoms with Gasteiger partial charge < -0.3 is 11.1 Å². The van der Waals surface area contributed by atoms with Gasteiger partial charge in [-0.15, -0.1) is 0 Å². The first-order valence-electron chi connectivity index (χ1n) is 6.81. The molecule has 2 rings (SSSR count). The van der Waals surface area contributed by atoms with E-state index < -0.39 is 6.04 Å². The highest BCUT2D eigenvalue weighted by atomic mass is 79.9. The molecule has 0 aliphatic rings. The minimum absolute atomic E-state index is 0.141. The van der Waals surface area contributed by atoms with Crippen molar-refractivity contribution in [2.24, 2.45) is 11.7 Å². The summed E-state index contributed by atoms with van der Waals surface area (Å²) >= 11 is 4.89. The average Bonchev–Trinajstić information content (AvgIpc) is 2.87. The van der Waals surface area contributed by atoms with E-state index in [-0.39, 0.29) is 11.8 Å². The van der Waals surface area contributed by atoms with Crippen LogP contribution in [0.15, 0.2) is 34.1 Å². The minimum atomic E-state index is -0.516. The molecule has 1 heterocycles. The Bertz CT molecular complexity index is 615. The van der Waals surface area contributed by atoms with Crippen LogP contribution in [0.5, 0.6) is 0 Å². The number of carbonyl (C=O) groups is 1. The molecule has 6 heteroatoms. The second-order valence-electron chi connectivity index (χ2n) is 4.91. The van der Waals surface area contributed by atoms with Gasteiger partial charge in [0.15, 0.2) is 5.13 Å². The zero-order valence-electron chi connectivity index (χ0n) is 12.0. The first-order chi connectivity index (χ1) is 10.0. The number of rotatable bonds is 5. The Morgan fingerprint density at radius 3 is 2.71 bits per heavy atom. The van der Waals surface area contributed by atoms with Crippen molar-refractivity contribution in [1.29, 1.82) is 0 Å². The van der Waals surface area contributed by atoms with Crippen molar-refractivity contribution in [2.75, 3.05) is 5.32 Å². The first-order valence-corrected chi connectivity index (χ1v) is 8.42. The monoisotopic (exact) mass is 367 g/mol. The van der Waals surface area contributed by atoms with Gasteiger partial charge in [-0.25, -0.2) is 4.98 Å². The molecular weight excluding hydrogens is 350 g/mol. The van der Waals surface area contributed by atoms with E-state index >= 15 is 0 Å². The number of nitrogens with two attached hydrogens (primary N) is 1. The highest BCUT2D eigenvalue weighted by molar-refractivity contribution is 9.11. The number of anilines is 1. The molecule has 0 spiro atoms. The van der Waals surface area contributed by atoms with Crippen molar-refractivity contribution in [3.8, 4) is 11.3 Å². The molecule has 2 unspecified atom stereocenters. The van der Waals surface area contributed by atoms with E-state index in [9.17, 15) is 4.79 Å². The fourth-order valence-corrected chi connectivity index (χ4v) is 3.33. The summed E-state index contributed by atoms with van der Waals surface area (Å²) in [6, 6.07) is 9.32. The highest BCUT2D eigenvalue weighted by Crippen LogP contribution is 2.35. The number of nitrogens with zero attached hydrogens (tertiary/aromatic N) is 1. The molecule has 4 nitrogen and oxygen atoms in total. The van der Waals surface area contributed by atoms with Gasteiger partial charge in [-0.05, 0) is 21.8 Å². The van der Waals surface area contributed by atoms with Crippen molar-refractivity contribution >= 4 is 38.3 Å². The lowest BCUT2D eigenvalue weighted by atomic mass is 10.00. The maximum Gasteiger partial charge on any atom is 0.243 e. The van der Waals surface area contributed by atoms with Gasteiger partial charge in [0.1, 0.15) is 0 Å². The third-order valence-electron chi connectivity index (χ3n) is 3.42. The summed E-state index contributed by atoms with van der Waals surface area (Å²) in [7, 11) is 0. The highest BCUT2D eigenvalue weighted by Gasteiger charge is 2.21. The average molecular weight is 368 g/mol. The van der Waals surface area contributed by atoms with Crippen LogP contribution >= 0.6 is 27.3 Å². The molecule has 3 N–H and O–H groups in total. The summed E-state index contributed by atoms with van der Waals surface area (Å²) in [5, 5.41) is 3.36. The molecule has 1 aromatic carbocycles. The molecule has 1 aromatic heterocycles. The van der Waals surface area contributed by atoms with E-state index in [2.05, 4.69) is 26.2 Å². The summed E-state index contributed by atoms with van der Waals surface area (Å²) in [6.45, 7) is 3.99. The Balaban J connectivity index is 2.15. The smallest absolute Gasteiger partial charge is 0.243 e. The lowest BCUT2D eigenvalue weighted by molar-refractivity contribution is -0.118. The Morgan fingerprint density at radius 2 is 2.10 bits per heavy atom. The molecule has 2 aromatic rings. The molecule has 112 valence electrons. The molecular formula is C15H18BrN3OS. The van der Waals surface area contributed by atoms with Crippen molar-refractivity contribution < 1.29 is 4.79 Å². The van der Waals surface area contributed by atoms with Gasteiger partial charge in [0.05, 0.1) is 15.5 Å². The van der Waals surface area contributed by atoms with Crippen LogP contribution in [0.25, 0.3) is 11.3 Å². The van der Waals surface area contributed by atoms with Crippen molar-refractivity contribution in [3.63, 3.8) is 0 Å². The fourth-order valence-electron chi connectivity index (χ4n) is 1.83. The molecule has 21 heavy (non-hydrogen) atoms. The van der Waals surface area contributed by atoms with Gasteiger partial charge in [-0.2, -0.15) is 0 Å². The van der Waals surface area contributed by atoms with Crippen molar-refractivity contribution in [3.05, 3.63) is 34.1 Å². The second-order valence-corrected chi connectivity index (χ2v) is 7.22. The number of carbonyl (C=O) groups excluding carboxylic acids is 1. The van der Waals surface area contributed by atoms with Crippen LogP contribution < -0.4 is 11.1 Å². The number of nitrogens with one attached hydrogen (secondary N) is 1. The molecule has 0 saturated heterocycles. The van der Waals surface area contributed by atoms with E-state index in [1.54, 1.807) is 0 Å². The quantitative estimate of drug-likeness (QED) is 0.842. The third-order valence-corrected chi connectivity index (χ3v) is 5.04. The summed E-state index contributed by atoms with van der Waals surface area (Å²) < 4.78 is 0.890. The SMILES string of the molecule is CCC(C)C(N)C(=O)Nc1nc(-c2ccccc2)c(Br)s1. The van der Waals surface area contributed by atoms with E-state index in [0.717, 1.165) is 21.5 Å². The van der Waals surface area contributed by atoms with Crippen LogP contribution in [-0.2, 0) is 4.79 Å². The van der Waals surface area contributed by atoms with Crippen molar-refractivity contribution in [1.82, 2.24) is 4.98 Å². The molecule has 0 aliphatic carbocycles. The molecule has 0 fully saturated rings. The zero-order valence-corrected chi connectivity index (χ0v) is 14.4. The number of halogens is 1. The predicted molar refractivity (Wildman–Crippen MR) is 91.3 cm³/mol. The van der Waals surface area contributed by atoms with Gasteiger partial charge in [0.25, 0.3) is 0 Å². The first kappa shape index (κ1) is 16.1. The maximum atomic E-state index is 12.1.